The first kappa shape index (κ1) is 9.19. The Bertz CT molecular complexity index is 286. The minimum atomic E-state index is 0.703. The van der Waals surface area contributed by atoms with Crippen molar-refractivity contribution in [3.8, 4) is 0 Å². The molecule has 12 heavy (non-hydrogen) atoms. The lowest BCUT2D eigenvalue weighted by Gasteiger charge is -2.04. The summed E-state index contributed by atoms with van der Waals surface area (Å²) in [6.45, 7) is 6.16. The molecule has 1 heterocycles. The van der Waals surface area contributed by atoms with Gasteiger partial charge in [0.1, 0.15) is 11.6 Å². The quantitative estimate of drug-likeness (QED) is 0.805. The predicted molar refractivity (Wildman–Crippen MR) is 53.2 cm³/mol. The maximum Gasteiger partial charge on any atom is 0.144 e. The Labute approximate surface area is 80.1 Å². The molecular formula is C8H10BrN3. The highest BCUT2D eigenvalue weighted by Crippen LogP contribution is 2.17. The highest BCUT2D eigenvalue weighted by atomic mass is 79.9. The van der Waals surface area contributed by atoms with Gasteiger partial charge in [0.05, 0.1) is 4.47 Å². The summed E-state index contributed by atoms with van der Waals surface area (Å²) in [6.07, 6.45) is 3.51. The molecule has 0 saturated heterocycles. The molecule has 1 aromatic rings. The topological polar surface area (TPSA) is 37.8 Å². The molecule has 3 nitrogen and oxygen atoms in total. The molecule has 0 unspecified atom stereocenters. The summed E-state index contributed by atoms with van der Waals surface area (Å²) >= 11 is 3.34. The third-order valence-electron chi connectivity index (χ3n) is 1.28. The molecule has 1 aromatic heterocycles. The molecule has 0 amide bonds. The van der Waals surface area contributed by atoms with Crippen LogP contribution >= 0.6 is 15.9 Å². The first-order valence-electron chi connectivity index (χ1n) is 3.58. The van der Waals surface area contributed by atoms with Gasteiger partial charge in [-0.3, -0.25) is 0 Å². The molecule has 0 aliphatic rings. The van der Waals surface area contributed by atoms with E-state index in [-0.39, 0.29) is 0 Å². The van der Waals surface area contributed by atoms with E-state index < -0.39 is 0 Å². The highest BCUT2D eigenvalue weighted by Gasteiger charge is 1.99. The molecule has 4 heteroatoms. The van der Waals surface area contributed by atoms with Crippen molar-refractivity contribution in [2.45, 2.75) is 6.92 Å². The standard InChI is InChI=1S/C8H10BrN3/c1-3-4-10-8-7(9)5-11-6(2)12-8/h3,5H,1,4H2,2H3,(H,10,11,12). The van der Waals surface area contributed by atoms with Crippen LogP contribution in [0, 0.1) is 6.92 Å². The number of anilines is 1. The van der Waals surface area contributed by atoms with Crippen molar-refractivity contribution in [1.29, 1.82) is 0 Å². The minimum absolute atomic E-state index is 0.703. The number of halogens is 1. The Kier molecular flexibility index (Phi) is 3.22. The monoisotopic (exact) mass is 227 g/mol. The second-order valence-corrected chi connectivity index (χ2v) is 3.14. The summed E-state index contributed by atoms with van der Waals surface area (Å²) in [6, 6.07) is 0. The Morgan fingerprint density at radius 1 is 1.75 bits per heavy atom. The van der Waals surface area contributed by atoms with E-state index >= 15 is 0 Å². The lowest BCUT2D eigenvalue weighted by atomic mass is 10.5. The summed E-state index contributed by atoms with van der Waals surface area (Å²) in [7, 11) is 0. The van der Waals surface area contributed by atoms with Crippen LogP contribution in [-0.4, -0.2) is 16.5 Å². The fourth-order valence-electron chi connectivity index (χ4n) is 0.748. The van der Waals surface area contributed by atoms with Gasteiger partial charge in [-0.2, -0.15) is 0 Å². The third-order valence-corrected chi connectivity index (χ3v) is 1.86. The van der Waals surface area contributed by atoms with Gasteiger partial charge in [-0.15, -0.1) is 6.58 Å². The van der Waals surface area contributed by atoms with Crippen LogP contribution < -0.4 is 5.32 Å². The Morgan fingerprint density at radius 3 is 3.17 bits per heavy atom. The van der Waals surface area contributed by atoms with Gasteiger partial charge in [0, 0.05) is 12.7 Å². The summed E-state index contributed by atoms with van der Waals surface area (Å²) in [5.74, 6) is 1.56. The lowest BCUT2D eigenvalue weighted by molar-refractivity contribution is 1.03. The number of rotatable bonds is 3. The molecule has 0 atom stereocenters. The number of nitrogens with zero attached hydrogens (tertiary/aromatic N) is 2. The lowest BCUT2D eigenvalue weighted by Crippen LogP contribution is -2.02. The van der Waals surface area contributed by atoms with Gasteiger partial charge in [0.2, 0.25) is 0 Å². The third kappa shape index (κ3) is 2.30. The molecule has 0 radical (unpaired) electrons. The van der Waals surface area contributed by atoms with E-state index in [0.29, 0.717) is 6.54 Å². The molecule has 0 bridgehead atoms. The second kappa shape index (κ2) is 4.21. The largest absolute Gasteiger partial charge is 0.366 e. The average Bonchev–Trinajstić information content (AvgIpc) is 2.07. The minimum Gasteiger partial charge on any atom is -0.366 e. The van der Waals surface area contributed by atoms with Crippen LogP contribution in [0.25, 0.3) is 0 Å². The van der Waals surface area contributed by atoms with Crippen LogP contribution in [0.3, 0.4) is 0 Å². The average molecular weight is 228 g/mol. The van der Waals surface area contributed by atoms with Crippen molar-refractivity contribution >= 4 is 21.7 Å². The SMILES string of the molecule is C=CCNc1nc(C)ncc1Br. The number of nitrogens with one attached hydrogen (secondary N) is 1. The summed E-state index contributed by atoms with van der Waals surface area (Å²) in [4.78, 5) is 8.22. The van der Waals surface area contributed by atoms with Crippen molar-refractivity contribution in [3.63, 3.8) is 0 Å². The van der Waals surface area contributed by atoms with Gasteiger partial charge in [-0.05, 0) is 22.9 Å². The van der Waals surface area contributed by atoms with Crippen molar-refractivity contribution in [1.82, 2.24) is 9.97 Å². The highest BCUT2D eigenvalue weighted by molar-refractivity contribution is 9.10. The fraction of sp³-hybridized carbons (Fsp3) is 0.250. The van der Waals surface area contributed by atoms with Gasteiger partial charge >= 0.3 is 0 Å². The predicted octanol–water partition coefficient (Wildman–Crippen LogP) is 2.15. The van der Waals surface area contributed by atoms with Gasteiger partial charge in [-0.25, -0.2) is 9.97 Å². The van der Waals surface area contributed by atoms with Crippen LogP contribution in [0.1, 0.15) is 5.82 Å². The summed E-state index contributed by atoms with van der Waals surface area (Å²) < 4.78 is 0.870. The second-order valence-electron chi connectivity index (χ2n) is 2.28. The summed E-state index contributed by atoms with van der Waals surface area (Å²) in [5, 5.41) is 3.09. The molecule has 1 rings (SSSR count). The van der Waals surface area contributed by atoms with Gasteiger partial charge in [0.25, 0.3) is 0 Å². The van der Waals surface area contributed by atoms with E-state index in [2.05, 4.69) is 37.8 Å². The van der Waals surface area contributed by atoms with E-state index in [0.717, 1.165) is 16.1 Å². The molecule has 0 saturated carbocycles. The first-order valence-corrected chi connectivity index (χ1v) is 4.37. The van der Waals surface area contributed by atoms with E-state index in [1.165, 1.54) is 0 Å². The van der Waals surface area contributed by atoms with Crippen molar-refractivity contribution < 1.29 is 0 Å². The van der Waals surface area contributed by atoms with Crippen molar-refractivity contribution in [3.05, 3.63) is 29.1 Å². The first-order chi connectivity index (χ1) is 5.74. The zero-order chi connectivity index (χ0) is 8.97. The van der Waals surface area contributed by atoms with Gasteiger partial charge in [0.15, 0.2) is 0 Å². The van der Waals surface area contributed by atoms with E-state index in [4.69, 9.17) is 0 Å². The zero-order valence-electron chi connectivity index (χ0n) is 6.84. The van der Waals surface area contributed by atoms with Crippen LogP contribution in [-0.2, 0) is 0 Å². The van der Waals surface area contributed by atoms with Gasteiger partial charge < -0.3 is 5.32 Å². The fourth-order valence-corrected chi connectivity index (χ4v) is 1.08. The number of hydrogen-bond acceptors (Lipinski definition) is 3. The van der Waals surface area contributed by atoms with E-state index in [9.17, 15) is 0 Å². The molecule has 0 fully saturated rings. The summed E-state index contributed by atoms with van der Waals surface area (Å²) in [5.41, 5.74) is 0. The molecule has 0 aromatic carbocycles. The molecule has 0 aliphatic carbocycles. The van der Waals surface area contributed by atoms with Crippen molar-refractivity contribution in [2.75, 3.05) is 11.9 Å². The molecule has 1 N–H and O–H groups in total. The molecule has 0 spiro atoms. The molecule has 0 aliphatic heterocycles. The molecular weight excluding hydrogens is 218 g/mol. The van der Waals surface area contributed by atoms with Crippen LogP contribution in [0.2, 0.25) is 0 Å². The van der Waals surface area contributed by atoms with Crippen LogP contribution in [0.4, 0.5) is 5.82 Å². The van der Waals surface area contributed by atoms with Crippen LogP contribution in [0.5, 0.6) is 0 Å². The zero-order valence-corrected chi connectivity index (χ0v) is 8.43. The number of aromatic nitrogens is 2. The van der Waals surface area contributed by atoms with Crippen LogP contribution in [0.15, 0.2) is 23.3 Å². The maximum atomic E-state index is 4.19. The van der Waals surface area contributed by atoms with Crippen molar-refractivity contribution in [2.24, 2.45) is 0 Å². The van der Waals surface area contributed by atoms with Gasteiger partial charge in [-0.1, -0.05) is 6.08 Å². The normalized spacial score (nSPS) is 9.50. The number of aryl methyl sites for hydroxylation is 1. The smallest absolute Gasteiger partial charge is 0.144 e. The van der Waals surface area contributed by atoms with E-state index in [1.807, 2.05) is 6.92 Å². The number of hydrogen-bond donors (Lipinski definition) is 1. The maximum absolute atomic E-state index is 4.19. The Balaban J connectivity index is 2.82. The van der Waals surface area contributed by atoms with E-state index in [1.54, 1.807) is 12.3 Å². The Morgan fingerprint density at radius 2 is 2.50 bits per heavy atom. The Hall–Kier alpha value is -0.900. The molecule has 64 valence electrons.